The van der Waals surface area contributed by atoms with E-state index < -0.39 is 12.7 Å². The molecular weight excluding hydrogens is 250 g/mol. The molecule has 4 heteroatoms. The maximum Gasteiger partial charge on any atom is 0.387 e. The molecule has 2 nitrogen and oxygen atoms in total. The van der Waals surface area contributed by atoms with Crippen LogP contribution in [0.4, 0.5) is 8.78 Å². The first-order valence-corrected chi connectivity index (χ1v) is 6.47. The zero-order chi connectivity index (χ0) is 14.1. The van der Waals surface area contributed by atoms with Crippen LogP contribution in [0, 0.1) is 0 Å². The first-order chi connectivity index (χ1) is 9.13. The lowest BCUT2D eigenvalue weighted by Crippen LogP contribution is -2.02. The number of hydrogen-bond donors (Lipinski definition) is 1. The Hall–Kier alpha value is -1.42. The van der Waals surface area contributed by atoms with E-state index >= 15 is 0 Å². The predicted octanol–water partition coefficient (Wildman–Crippen LogP) is 4.46. The molecule has 106 valence electrons. The van der Waals surface area contributed by atoms with Crippen molar-refractivity contribution in [1.29, 1.82) is 0 Å². The molecule has 0 aliphatic carbocycles. The molecule has 0 bridgehead atoms. The van der Waals surface area contributed by atoms with E-state index in [2.05, 4.69) is 11.3 Å². The Bertz CT molecular complexity index is 363. The van der Waals surface area contributed by atoms with Crippen LogP contribution in [0.15, 0.2) is 36.9 Å². The zero-order valence-electron chi connectivity index (χ0n) is 10.9. The summed E-state index contributed by atoms with van der Waals surface area (Å²) in [6.07, 6.45) is 6.07. The lowest BCUT2D eigenvalue weighted by atomic mass is 10.0. The molecule has 1 aromatic rings. The molecule has 0 aromatic heterocycles. The fraction of sp³-hybridized carbons (Fsp3) is 0.467. The summed E-state index contributed by atoms with van der Waals surface area (Å²) in [5.74, 6) is 0.108. The molecule has 0 spiro atoms. The van der Waals surface area contributed by atoms with E-state index in [1.807, 2.05) is 6.08 Å². The average Bonchev–Trinajstić information content (AvgIpc) is 2.38. The third-order valence-electron chi connectivity index (χ3n) is 2.88. The van der Waals surface area contributed by atoms with Crippen LogP contribution >= 0.6 is 0 Å². The normalized spacial score (nSPS) is 12.4. The second kappa shape index (κ2) is 8.64. The van der Waals surface area contributed by atoms with Gasteiger partial charge in [0, 0.05) is 0 Å². The molecule has 1 atom stereocenters. The molecule has 0 amide bonds. The van der Waals surface area contributed by atoms with E-state index in [0.717, 1.165) is 31.2 Å². The van der Waals surface area contributed by atoms with Crippen LogP contribution in [0.5, 0.6) is 5.75 Å². The van der Waals surface area contributed by atoms with E-state index in [4.69, 9.17) is 0 Å². The van der Waals surface area contributed by atoms with E-state index in [1.165, 1.54) is 12.1 Å². The van der Waals surface area contributed by atoms with Gasteiger partial charge in [0.05, 0.1) is 6.10 Å². The minimum absolute atomic E-state index is 0.108. The lowest BCUT2D eigenvalue weighted by molar-refractivity contribution is -0.0498. The number of rotatable bonds is 9. The Morgan fingerprint density at radius 2 is 1.84 bits per heavy atom. The minimum atomic E-state index is -2.82. The Morgan fingerprint density at radius 3 is 2.42 bits per heavy atom. The van der Waals surface area contributed by atoms with Gasteiger partial charge in [0.1, 0.15) is 5.75 Å². The first-order valence-electron chi connectivity index (χ1n) is 6.47. The highest BCUT2D eigenvalue weighted by atomic mass is 19.3. The number of benzene rings is 1. The summed E-state index contributed by atoms with van der Waals surface area (Å²) < 4.78 is 28.2. The molecule has 0 aliphatic heterocycles. The molecular formula is C15H20F2O2. The second-order valence-electron chi connectivity index (χ2n) is 4.39. The number of allylic oxidation sites excluding steroid dienone is 1. The van der Waals surface area contributed by atoms with Crippen LogP contribution < -0.4 is 4.74 Å². The molecule has 0 heterocycles. The molecule has 1 N–H and O–H groups in total. The molecule has 0 fully saturated rings. The van der Waals surface area contributed by atoms with Crippen molar-refractivity contribution in [1.82, 2.24) is 0 Å². The van der Waals surface area contributed by atoms with E-state index in [1.54, 1.807) is 12.1 Å². The Morgan fingerprint density at radius 1 is 1.16 bits per heavy atom. The Labute approximate surface area is 112 Å². The van der Waals surface area contributed by atoms with Crippen LogP contribution in [-0.4, -0.2) is 11.7 Å². The van der Waals surface area contributed by atoms with Crippen molar-refractivity contribution < 1.29 is 18.6 Å². The van der Waals surface area contributed by atoms with Crippen molar-refractivity contribution in [2.75, 3.05) is 0 Å². The summed E-state index contributed by atoms with van der Waals surface area (Å²) in [6.45, 7) is 0.836. The quantitative estimate of drug-likeness (QED) is 0.530. The third kappa shape index (κ3) is 6.34. The molecule has 0 aliphatic rings. The minimum Gasteiger partial charge on any atom is -0.435 e. The van der Waals surface area contributed by atoms with Gasteiger partial charge in [-0.2, -0.15) is 8.78 Å². The lowest BCUT2D eigenvalue weighted by Gasteiger charge is -2.11. The van der Waals surface area contributed by atoms with E-state index in [0.29, 0.717) is 6.42 Å². The third-order valence-corrected chi connectivity index (χ3v) is 2.88. The maximum absolute atomic E-state index is 12.0. The topological polar surface area (TPSA) is 29.5 Å². The highest BCUT2D eigenvalue weighted by molar-refractivity contribution is 5.28. The van der Waals surface area contributed by atoms with Gasteiger partial charge < -0.3 is 9.84 Å². The largest absolute Gasteiger partial charge is 0.435 e. The highest BCUT2D eigenvalue weighted by Gasteiger charge is 2.08. The summed E-state index contributed by atoms with van der Waals surface area (Å²) in [5.41, 5.74) is 0.727. The summed E-state index contributed by atoms with van der Waals surface area (Å²) in [6, 6.07) is 6.13. The summed E-state index contributed by atoms with van der Waals surface area (Å²) in [4.78, 5) is 0. The molecule has 1 rings (SSSR count). The highest BCUT2D eigenvalue weighted by Crippen LogP contribution is 2.23. The van der Waals surface area contributed by atoms with Gasteiger partial charge in [-0.25, -0.2) is 0 Å². The van der Waals surface area contributed by atoms with Gasteiger partial charge in [0.15, 0.2) is 0 Å². The van der Waals surface area contributed by atoms with Crippen LogP contribution in [0.3, 0.4) is 0 Å². The number of ether oxygens (including phenoxy) is 1. The van der Waals surface area contributed by atoms with Gasteiger partial charge in [-0.3, -0.25) is 0 Å². The molecule has 0 saturated carbocycles. The molecule has 19 heavy (non-hydrogen) atoms. The van der Waals surface area contributed by atoms with Gasteiger partial charge in [-0.15, -0.1) is 6.58 Å². The van der Waals surface area contributed by atoms with Crippen molar-refractivity contribution in [2.24, 2.45) is 0 Å². The number of hydrogen-bond acceptors (Lipinski definition) is 2. The van der Waals surface area contributed by atoms with E-state index in [-0.39, 0.29) is 5.75 Å². The Balaban J connectivity index is 2.35. The van der Waals surface area contributed by atoms with Gasteiger partial charge in [0.25, 0.3) is 0 Å². The first kappa shape index (κ1) is 15.6. The maximum atomic E-state index is 12.0. The molecule has 0 radical (unpaired) electrons. The number of unbranched alkanes of at least 4 members (excludes halogenated alkanes) is 3. The monoisotopic (exact) mass is 270 g/mol. The predicted molar refractivity (Wildman–Crippen MR) is 71.3 cm³/mol. The Kier molecular flexibility index (Phi) is 7.11. The van der Waals surface area contributed by atoms with E-state index in [9.17, 15) is 13.9 Å². The summed E-state index contributed by atoms with van der Waals surface area (Å²) in [5, 5.41) is 9.94. The number of alkyl halides is 2. The smallest absolute Gasteiger partial charge is 0.387 e. The number of aliphatic hydroxyl groups is 1. The summed E-state index contributed by atoms with van der Waals surface area (Å²) in [7, 11) is 0. The van der Waals surface area contributed by atoms with Crippen LogP contribution in [0.25, 0.3) is 0 Å². The van der Waals surface area contributed by atoms with Crippen molar-refractivity contribution in [3.63, 3.8) is 0 Å². The standard InChI is InChI=1S/C15H20F2O2/c1-2-3-4-5-6-7-14(18)12-8-10-13(11-9-12)19-15(16)17/h2,8-11,14-15,18H,1,3-7H2. The van der Waals surface area contributed by atoms with Crippen molar-refractivity contribution >= 4 is 0 Å². The van der Waals surface area contributed by atoms with Gasteiger partial charge in [0.2, 0.25) is 0 Å². The van der Waals surface area contributed by atoms with Crippen LogP contribution in [0.1, 0.15) is 43.8 Å². The van der Waals surface area contributed by atoms with Crippen molar-refractivity contribution in [2.45, 2.75) is 44.8 Å². The van der Waals surface area contributed by atoms with Crippen LogP contribution in [-0.2, 0) is 0 Å². The zero-order valence-corrected chi connectivity index (χ0v) is 10.9. The second-order valence-corrected chi connectivity index (χ2v) is 4.39. The number of halogens is 2. The van der Waals surface area contributed by atoms with Crippen molar-refractivity contribution in [3.05, 3.63) is 42.5 Å². The molecule has 0 saturated heterocycles. The number of aliphatic hydroxyl groups excluding tert-OH is 1. The summed E-state index contributed by atoms with van der Waals surface area (Å²) >= 11 is 0. The average molecular weight is 270 g/mol. The van der Waals surface area contributed by atoms with Gasteiger partial charge >= 0.3 is 6.61 Å². The molecule has 1 aromatic carbocycles. The van der Waals surface area contributed by atoms with Crippen molar-refractivity contribution in [3.8, 4) is 5.75 Å². The van der Waals surface area contributed by atoms with Gasteiger partial charge in [-0.1, -0.05) is 31.1 Å². The van der Waals surface area contributed by atoms with Gasteiger partial charge in [-0.05, 0) is 37.0 Å². The fourth-order valence-corrected chi connectivity index (χ4v) is 1.84. The molecule has 1 unspecified atom stereocenters. The SMILES string of the molecule is C=CCCCCCC(O)c1ccc(OC(F)F)cc1. The fourth-order valence-electron chi connectivity index (χ4n) is 1.84. The van der Waals surface area contributed by atoms with Crippen LogP contribution in [0.2, 0.25) is 0 Å².